The monoisotopic (exact) mass is 279 g/mol. The smallest absolute Gasteiger partial charge is 0.334 e. The summed E-state index contributed by atoms with van der Waals surface area (Å²) in [5.74, 6) is 0. The summed E-state index contributed by atoms with van der Waals surface area (Å²) in [6.45, 7) is 0.121. The molecule has 0 aromatic carbocycles. The van der Waals surface area contributed by atoms with Gasteiger partial charge < -0.3 is 30.4 Å². The van der Waals surface area contributed by atoms with Crippen molar-refractivity contribution in [2.24, 2.45) is 5.73 Å². The average Bonchev–Trinajstić information content (AvgIpc) is 2.12. The van der Waals surface area contributed by atoms with Gasteiger partial charge in [-0.1, -0.05) is 0 Å². The predicted molar refractivity (Wildman–Crippen MR) is 56.2 cm³/mol. The minimum Gasteiger partial charge on any atom is -0.394 e. The first-order valence-corrected chi connectivity index (χ1v) is 6.07. The molecule has 0 radical (unpaired) electrons. The lowest BCUT2D eigenvalue weighted by Gasteiger charge is -2.16. The van der Waals surface area contributed by atoms with Gasteiger partial charge in [0.15, 0.2) is 0 Å². The van der Waals surface area contributed by atoms with Crippen LogP contribution in [0.5, 0.6) is 0 Å². The molecule has 12 heteroatoms. The number of primary amides is 1. The summed E-state index contributed by atoms with van der Waals surface area (Å²) >= 11 is 0. The van der Waals surface area contributed by atoms with Crippen molar-refractivity contribution in [2.75, 3.05) is 20.2 Å². The van der Waals surface area contributed by atoms with Crippen LogP contribution in [0.1, 0.15) is 0 Å². The Morgan fingerprint density at radius 3 is 1.88 bits per heavy atom. The summed E-state index contributed by atoms with van der Waals surface area (Å²) < 4.78 is 3.60. The fourth-order valence-corrected chi connectivity index (χ4v) is 1.02. The highest BCUT2D eigenvalue weighted by molar-refractivity contribution is 7.53. The zero-order chi connectivity index (χ0) is 13.1. The van der Waals surface area contributed by atoms with Gasteiger partial charge >= 0.3 is 23.2 Å². The van der Waals surface area contributed by atoms with Gasteiger partial charge in [-0.15, -0.1) is 0 Å². The van der Waals surface area contributed by atoms with Crippen molar-refractivity contribution >= 4 is 23.2 Å². The van der Waals surface area contributed by atoms with Crippen molar-refractivity contribution in [2.45, 2.75) is 0 Å². The Hall–Kier alpha value is -0.150. The van der Waals surface area contributed by atoms with Crippen molar-refractivity contribution in [1.82, 2.24) is 10.4 Å². The number of nitrogens with zero attached hydrogens (tertiary/aromatic N) is 1. The van der Waals surface area contributed by atoms with E-state index in [4.69, 9.17) is 30.4 Å². The number of hydrazine groups is 1. The van der Waals surface area contributed by atoms with E-state index in [2.05, 4.69) is 9.74 Å². The second kappa shape index (κ2) is 11.3. The second-order valence-electron chi connectivity index (χ2n) is 2.02. The molecule has 0 aliphatic carbocycles. The lowest BCUT2D eigenvalue weighted by molar-refractivity contribution is 0.162. The van der Waals surface area contributed by atoms with Crippen LogP contribution in [-0.2, 0) is 4.31 Å². The minimum atomic E-state index is -2.61. The third-order valence-electron chi connectivity index (χ3n) is 1.01. The first-order valence-electron chi connectivity index (χ1n) is 3.74. The van der Waals surface area contributed by atoms with Gasteiger partial charge in [-0.25, -0.2) is 14.5 Å². The van der Waals surface area contributed by atoms with Gasteiger partial charge in [-0.3, -0.25) is 5.01 Å². The predicted octanol–water partition coefficient (Wildman–Crippen LogP) is -2.08. The molecule has 0 rings (SSSR count). The third-order valence-corrected chi connectivity index (χ3v) is 2.17. The fraction of sp³-hybridized carbons (Fsp3) is 0.750. The fourth-order valence-electron chi connectivity index (χ4n) is 0.498. The zero-order valence-corrected chi connectivity index (χ0v) is 10.2. The van der Waals surface area contributed by atoms with E-state index in [-0.39, 0.29) is 13.2 Å². The average molecular weight is 279 g/mol. The van der Waals surface area contributed by atoms with Gasteiger partial charge in [0.25, 0.3) is 0 Å². The first-order chi connectivity index (χ1) is 7.34. The number of nitrogens with two attached hydrogens (primary N) is 1. The van der Waals surface area contributed by atoms with Crippen LogP contribution in [0.4, 0.5) is 4.79 Å². The molecule has 0 atom stereocenters. The molecule has 0 fully saturated rings. The van der Waals surface area contributed by atoms with Crippen LogP contribution in [0.2, 0.25) is 0 Å². The van der Waals surface area contributed by atoms with Gasteiger partial charge in [0.2, 0.25) is 0 Å². The summed E-state index contributed by atoms with van der Waals surface area (Å²) in [6, 6.07) is -0.591. The highest BCUT2D eigenvalue weighted by atomic mass is 31.2. The molecule has 98 valence electrons. The summed E-state index contributed by atoms with van der Waals surface area (Å²) in [4.78, 5) is 41.6. The second-order valence-corrected chi connectivity index (χ2v) is 3.69. The van der Waals surface area contributed by atoms with E-state index >= 15 is 0 Å². The molecule has 0 saturated carbocycles. The maximum absolute atomic E-state index is 10.3. The molecule has 0 spiro atoms. The van der Waals surface area contributed by atoms with Crippen molar-refractivity contribution in [3.05, 3.63) is 0 Å². The van der Waals surface area contributed by atoms with E-state index in [1.54, 1.807) is 7.05 Å². The number of amides is 2. The van der Waals surface area contributed by atoms with Crippen LogP contribution < -0.4 is 11.2 Å². The van der Waals surface area contributed by atoms with Gasteiger partial charge in [-0.05, 0) is 0 Å². The van der Waals surface area contributed by atoms with E-state index in [0.717, 1.165) is 5.01 Å². The van der Waals surface area contributed by atoms with Gasteiger partial charge in [-0.2, -0.15) is 0 Å². The number of hydrogen-bond donors (Lipinski definition) is 7. The number of hydrogen-bond acceptors (Lipinski definition) is 8. The third kappa shape index (κ3) is 13.8. The number of aliphatic hydroxyl groups excluding tert-OH is 1. The number of aliphatic hydroxyl groups is 1. The van der Waals surface area contributed by atoms with Crippen molar-refractivity contribution in [3.63, 3.8) is 0 Å². The number of urea groups is 1. The molecule has 0 bridgehead atoms. The van der Waals surface area contributed by atoms with Gasteiger partial charge in [0, 0.05) is 7.05 Å². The zero-order valence-electron chi connectivity index (χ0n) is 8.39. The molecule has 8 N–H and O–H groups in total. The Labute approximate surface area is 94.2 Å². The number of rotatable bonds is 5. The largest absolute Gasteiger partial charge is 0.394 e. The van der Waals surface area contributed by atoms with Gasteiger partial charge in [0.1, 0.15) is 0 Å². The topological polar surface area (TPSA) is 169 Å². The van der Waals surface area contributed by atoms with Crippen molar-refractivity contribution < 1.29 is 33.8 Å². The van der Waals surface area contributed by atoms with E-state index < -0.39 is 23.2 Å². The molecule has 0 saturated heterocycles. The van der Waals surface area contributed by atoms with Crippen LogP contribution >= 0.6 is 17.2 Å². The normalized spacial score (nSPS) is 10.0. The van der Waals surface area contributed by atoms with Crippen molar-refractivity contribution in [1.29, 1.82) is 0 Å². The quantitative estimate of drug-likeness (QED) is 0.222. The van der Waals surface area contributed by atoms with Crippen LogP contribution in [0.25, 0.3) is 0 Å². The van der Waals surface area contributed by atoms with Crippen LogP contribution in [0.3, 0.4) is 0 Å². The van der Waals surface area contributed by atoms with Crippen LogP contribution in [0, 0.1) is 0 Å². The SMILES string of the molecule is CNN(CCO)C(N)=O.OP(O)OP(O)O. The summed E-state index contributed by atoms with van der Waals surface area (Å²) in [6.07, 6.45) is 0. The molecule has 0 unspecified atom stereocenters. The number of carbonyl (C=O) groups excluding carboxylic acids is 1. The molecular weight excluding hydrogens is 264 g/mol. The minimum absolute atomic E-state index is 0.0935. The Morgan fingerprint density at radius 2 is 1.81 bits per heavy atom. The van der Waals surface area contributed by atoms with E-state index in [9.17, 15) is 4.79 Å². The molecule has 0 aromatic heterocycles. The summed E-state index contributed by atoms with van der Waals surface area (Å²) in [7, 11) is -3.67. The number of nitrogens with one attached hydrogen (secondary N) is 1. The molecule has 10 nitrogen and oxygen atoms in total. The maximum Gasteiger partial charge on any atom is 0.334 e. The Balaban J connectivity index is 0. The van der Waals surface area contributed by atoms with E-state index in [0.29, 0.717) is 0 Å². The van der Waals surface area contributed by atoms with Crippen molar-refractivity contribution in [3.8, 4) is 0 Å². The van der Waals surface area contributed by atoms with Gasteiger partial charge in [0.05, 0.1) is 13.2 Å². The molecule has 0 aliphatic rings. The standard InChI is InChI=1S/C4H11N3O2.H4O5P2/c1-6-7(2-3-8)4(5)9;1-6(2)5-7(3)4/h6,8H,2-3H2,1H3,(H2,5,9);1-4H. The lowest BCUT2D eigenvalue weighted by Crippen LogP contribution is -2.45. The number of carbonyl (C=O) groups is 1. The summed E-state index contributed by atoms with van der Waals surface area (Å²) in [5, 5.41) is 9.44. The molecular formula is C4H15N3O7P2. The molecule has 0 heterocycles. The maximum atomic E-state index is 10.3. The Bertz CT molecular complexity index is 177. The molecule has 0 aliphatic heterocycles. The van der Waals surface area contributed by atoms with E-state index in [1.165, 1.54) is 0 Å². The van der Waals surface area contributed by atoms with Crippen LogP contribution in [0.15, 0.2) is 0 Å². The van der Waals surface area contributed by atoms with Crippen LogP contribution in [-0.4, -0.2) is 55.9 Å². The first kappa shape index (κ1) is 18.2. The highest BCUT2D eigenvalue weighted by Crippen LogP contribution is 2.41. The molecule has 16 heavy (non-hydrogen) atoms. The Morgan fingerprint density at radius 1 is 1.38 bits per heavy atom. The lowest BCUT2D eigenvalue weighted by atomic mass is 10.6. The highest BCUT2D eigenvalue weighted by Gasteiger charge is 2.05. The molecule has 2 amide bonds. The summed E-state index contributed by atoms with van der Waals surface area (Å²) in [5.41, 5.74) is 7.35. The Kier molecular flexibility index (Phi) is 12.9. The molecule has 0 aromatic rings. The van der Waals surface area contributed by atoms with E-state index in [1.807, 2.05) is 0 Å².